The van der Waals surface area contributed by atoms with Crippen LogP contribution in [0.4, 0.5) is 0 Å². The van der Waals surface area contributed by atoms with Gasteiger partial charge in [-0.2, -0.15) is 17.9 Å². The molecule has 0 unspecified atom stereocenters. The van der Waals surface area contributed by atoms with Crippen LogP contribution >= 0.6 is 0 Å². The molecule has 0 aliphatic rings. The molecule has 0 fully saturated rings. The molecule has 0 aliphatic carbocycles. The maximum absolute atomic E-state index is 11.6. The predicted octanol–water partition coefficient (Wildman–Crippen LogP) is -0.213. The average molecular weight is 282 g/mol. The van der Waals surface area contributed by atoms with Crippen molar-refractivity contribution in [1.29, 1.82) is 0 Å². The summed E-state index contributed by atoms with van der Waals surface area (Å²) in [5.41, 5.74) is -0.653. The van der Waals surface area contributed by atoms with E-state index in [0.29, 0.717) is 0 Å². The molecule has 108 valence electrons. The first-order valence-electron chi connectivity index (χ1n) is 5.56. The van der Waals surface area contributed by atoms with Gasteiger partial charge in [0, 0.05) is 13.7 Å². The van der Waals surface area contributed by atoms with Crippen molar-refractivity contribution >= 4 is 16.2 Å². The molecule has 18 heavy (non-hydrogen) atoms. The van der Waals surface area contributed by atoms with E-state index in [1.54, 1.807) is 20.8 Å². The van der Waals surface area contributed by atoms with Crippen LogP contribution in [0, 0.1) is 0 Å². The molecule has 0 spiro atoms. The van der Waals surface area contributed by atoms with Crippen molar-refractivity contribution in [3.05, 3.63) is 0 Å². The molecule has 8 heteroatoms. The van der Waals surface area contributed by atoms with E-state index in [-0.39, 0.29) is 13.2 Å². The summed E-state index contributed by atoms with van der Waals surface area (Å²) < 4.78 is 37.2. The molecule has 7 nitrogen and oxygen atoms in total. The fraction of sp³-hybridized carbons (Fsp3) is 0.900. The summed E-state index contributed by atoms with van der Waals surface area (Å²) in [5.74, 6) is -0.625. The van der Waals surface area contributed by atoms with Gasteiger partial charge in [0.25, 0.3) is 10.2 Å². The highest BCUT2D eigenvalue weighted by Crippen LogP contribution is 2.08. The van der Waals surface area contributed by atoms with Crippen molar-refractivity contribution in [2.45, 2.75) is 39.3 Å². The summed E-state index contributed by atoms with van der Waals surface area (Å²) in [4.78, 5) is 11.6. The Hall–Kier alpha value is -0.700. The zero-order valence-electron chi connectivity index (χ0n) is 11.4. The van der Waals surface area contributed by atoms with Gasteiger partial charge in [-0.15, -0.1) is 0 Å². The first kappa shape index (κ1) is 17.3. The van der Waals surface area contributed by atoms with Crippen LogP contribution in [0.15, 0.2) is 0 Å². The maximum atomic E-state index is 11.6. The maximum Gasteiger partial charge on any atom is 0.324 e. The third-order valence-corrected chi connectivity index (χ3v) is 2.94. The number of nitrogens with one attached hydrogen (secondary N) is 2. The Morgan fingerprint density at radius 3 is 2.33 bits per heavy atom. The van der Waals surface area contributed by atoms with Gasteiger partial charge in [-0.3, -0.25) is 4.79 Å². The minimum absolute atomic E-state index is 0.132. The lowest BCUT2D eigenvalue weighted by molar-refractivity contribution is -0.156. The molecule has 2 N–H and O–H groups in total. The van der Waals surface area contributed by atoms with Gasteiger partial charge in [0.15, 0.2) is 0 Å². The number of hydrogen-bond donors (Lipinski definition) is 2. The smallest absolute Gasteiger partial charge is 0.324 e. The second-order valence-corrected chi connectivity index (χ2v) is 6.29. The summed E-state index contributed by atoms with van der Waals surface area (Å²) in [7, 11) is -2.27. The zero-order valence-corrected chi connectivity index (χ0v) is 12.3. The van der Waals surface area contributed by atoms with Gasteiger partial charge < -0.3 is 9.47 Å². The molecule has 0 saturated carbocycles. The fourth-order valence-electron chi connectivity index (χ4n) is 0.991. The lowest BCUT2D eigenvalue weighted by Crippen LogP contribution is -2.47. The highest BCUT2D eigenvalue weighted by molar-refractivity contribution is 7.87. The van der Waals surface area contributed by atoms with E-state index < -0.39 is 27.8 Å². The van der Waals surface area contributed by atoms with Crippen molar-refractivity contribution < 1.29 is 22.7 Å². The molecule has 1 atom stereocenters. The van der Waals surface area contributed by atoms with Crippen molar-refractivity contribution in [2.75, 3.05) is 20.3 Å². The Bertz CT molecular complexity index is 361. The monoisotopic (exact) mass is 282 g/mol. The molecule has 0 rings (SSSR count). The number of carbonyl (C=O) groups excluding carboxylic acids is 1. The van der Waals surface area contributed by atoms with Crippen molar-refractivity contribution in [2.24, 2.45) is 0 Å². The largest absolute Gasteiger partial charge is 0.459 e. The van der Waals surface area contributed by atoms with Gasteiger partial charge in [-0.1, -0.05) is 0 Å². The van der Waals surface area contributed by atoms with Gasteiger partial charge in [0.05, 0.1) is 6.61 Å². The van der Waals surface area contributed by atoms with Gasteiger partial charge >= 0.3 is 5.97 Å². The lowest BCUT2D eigenvalue weighted by Gasteiger charge is -2.22. The summed E-state index contributed by atoms with van der Waals surface area (Å²) in [6.07, 6.45) is 0. The van der Waals surface area contributed by atoms with Crippen LogP contribution in [0.2, 0.25) is 0 Å². The molecule has 0 aliphatic heterocycles. The van der Waals surface area contributed by atoms with E-state index in [9.17, 15) is 13.2 Å². The number of rotatable bonds is 7. The minimum atomic E-state index is -3.73. The van der Waals surface area contributed by atoms with Crippen LogP contribution in [-0.2, 0) is 24.5 Å². The molecule has 0 aromatic heterocycles. The molecular weight excluding hydrogens is 260 g/mol. The van der Waals surface area contributed by atoms with Crippen molar-refractivity contribution in [3.8, 4) is 0 Å². The van der Waals surface area contributed by atoms with Crippen LogP contribution in [0.5, 0.6) is 0 Å². The fourth-order valence-corrected chi connectivity index (χ4v) is 1.99. The van der Waals surface area contributed by atoms with Gasteiger partial charge in [0.2, 0.25) is 0 Å². The van der Waals surface area contributed by atoms with Crippen LogP contribution < -0.4 is 9.44 Å². The summed E-state index contributed by atoms with van der Waals surface area (Å²) in [5, 5.41) is 0. The van der Waals surface area contributed by atoms with Crippen LogP contribution in [-0.4, -0.2) is 46.3 Å². The quantitative estimate of drug-likeness (QED) is 0.497. The Labute approximate surface area is 108 Å². The minimum Gasteiger partial charge on any atom is -0.459 e. The third kappa shape index (κ3) is 8.40. The predicted molar refractivity (Wildman–Crippen MR) is 67.2 cm³/mol. The first-order valence-corrected chi connectivity index (χ1v) is 7.04. The number of methoxy groups -OCH3 is 1. The zero-order chi connectivity index (χ0) is 14.4. The summed E-state index contributed by atoms with van der Waals surface area (Å²) in [6.45, 7) is 6.94. The van der Waals surface area contributed by atoms with Crippen molar-refractivity contribution in [1.82, 2.24) is 9.44 Å². The normalized spacial score (nSPS) is 14.3. The lowest BCUT2D eigenvalue weighted by atomic mass is 10.2. The Balaban J connectivity index is 4.29. The number of hydrogen-bond acceptors (Lipinski definition) is 5. The first-order chi connectivity index (χ1) is 8.07. The van der Waals surface area contributed by atoms with Crippen LogP contribution in [0.1, 0.15) is 27.7 Å². The van der Waals surface area contributed by atoms with E-state index in [0.717, 1.165) is 0 Å². The molecule has 0 radical (unpaired) electrons. The highest BCUT2D eigenvalue weighted by Gasteiger charge is 2.25. The number of esters is 1. The number of ether oxygens (including phenoxy) is 2. The van der Waals surface area contributed by atoms with E-state index >= 15 is 0 Å². The Morgan fingerprint density at radius 2 is 1.89 bits per heavy atom. The van der Waals surface area contributed by atoms with Gasteiger partial charge in [-0.25, -0.2) is 0 Å². The molecule has 0 saturated heterocycles. The van der Waals surface area contributed by atoms with Crippen LogP contribution in [0.25, 0.3) is 0 Å². The molecule has 0 aromatic carbocycles. The summed E-state index contributed by atoms with van der Waals surface area (Å²) in [6, 6.07) is -0.954. The molecule has 0 bridgehead atoms. The van der Waals surface area contributed by atoms with Crippen molar-refractivity contribution in [3.63, 3.8) is 0 Å². The summed E-state index contributed by atoms with van der Waals surface area (Å²) >= 11 is 0. The van der Waals surface area contributed by atoms with Gasteiger partial charge in [-0.05, 0) is 27.7 Å². The second-order valence-electron chi connectivity index (χ2n) is 4.76. The average Bonchev–Trinajstić information content (AvgIpc) is 2.14. The highest BCUT2D eigenvalue weighted by atomic mass is 32.2. The van der Waals surface area contributed by atoms with E-state index in [1.807, 2.05) is 0 Å². The molecular formula is C10H22N2O5S. The Morgan fingerprint density at radius 1 is 1.33 bits per heavy atom. The second kappa shape index (κ2) is 7.03. The molecule has 0 amide bonds. The third-order valence-electron chi connectivity index (χ3n) is 1.69. The SMILES string of the molecule is COCCNS(=O)(=O)N[C@@H](C)C(=O)OC(C)(C)C. The van der Waals surface area contributed by atoms with E-state index in [4.69, 9.17) is 9.47 Å². The Kier molecular flexibility index (Phi) is 6.76. The topological polar surface area (TPSA) is 93.7 Å². The van der Waals surface area contributed by atoms with E-state index in [1.165, 1.54) is 14.0 Å². The number of carbonyl (C=O) groups is 1. The molecule has 0 heterocycles. The van der Waals surface area contributed by atoms with E-state index in [2.05, 4.69) is 9.44 Å². The van der Waals surface area contributed by atoms with Crippen LogP contribution in [0.3, 0.4) is 0 Å². The molecule has 0 aromatic rings. The standard InChI is InChI=1S/C10H22N2O5S/c1-8(9(13)17-10(2,3)4)12-18(14,15)11-6-7-16-5/h8,11-12H,6-7H2,1-5H3/t8-/m0/s1. The van der Waals surface area contributed by atoms with Gasteiger partial charge in [0.1, 0.15) is 11.6 Å².